The number of phenolic OH excluding ortho intramolecular Hbond substituents is 1. The Labute approximate surface area is 438 Å². The second kappa shape index (κ2) is 17.7. The summed E-state index contributed by atoms with van der Waals surface area (Å²) in [6.45, 7) is 26.9. The number of para-hydroxylation sites is 1. The molecule has 0 saturated heterocycles. The molecule has 4 heteroatoms. The molecule has 0 unspecified atom stereocenters. The molecule has 0 saturated carbocycles. The standard InChI is InChI=1S/C70H67N3O/c1-67(2,3)46-33-34-60(57(40-46)43-23-14-13-15-24-43)73-61-32-22-31-49(64(61)72-66(73)58-41-48(69(7,8)9)42-59(65(58)74)70(10,11)12)44-37-45(39-47(38-44)68(4,5)6)63-62-55-30-21-20-28-53(55)51-26-17-16-25-50(51)52-27-18-19-29-54(52)56(62)35-36-71-63/h13-42,74H,1-12H3. The van der Waals surface area contributed by atoms with Gasteiger partial charge in [-0.05, 0) is 131 Å². The van der Waals surface area contributed by atoms with Gasteiger partial charge in [-0.1, -0.05) is 217 Å². The zero-order valence-corrected chi connectivity index (χ0v) is 45.1. The fraction of sp³-hybridized carbons (Fsp3) is 0.229. The molecule has 1 aliphatic carbocycles. The predicted octanol–water partition coefficient (Wildman–Crippen LogP) is 19.0. The van der Waals surface area contributed by atoms with Crippen LogP contribution in [0.1, 0.15) is 105 Å². The second-order valence-electron chi connectivity index (χ2n) is 24.5. The lowest BCUT2D eigenvalue weighted by atomic mass is 9.79. The minimum atomic E-state index is -0.343. The maximum Gasteiger partial charge on any atom is 0.149 e. The van der Waals surface area contributed by atoms with E-state index in [9.17, 15) is 5.11 Å². The molecular weight excluding hydrogens is 899 g/mol. The summed E-state index contributed by atoms with van der Waals surface area (Å²) in [5.74, 6) is 0.945. The van der Waals surface area contributed by atoms with E-state index in [1.165, 1.54) is 38.9 Å². The van der Waals surface area contributed by atoms with Crippen molar-refractivity contribution in [1.29, 1.82) is 0 Å². The number of imidazole rings is 1. The summed E-state index contributed by atoms with van der Waals surface area (Å²) in [7, 11) is 0. The maximum absolute atomic E-state index is 12.7. The third-order valence-electron chi connectivity index (χ3n) is 15.2. The Morgan fingerprint density at radius 1 is 0.378 bits per heavy atom. The Bertz CT molecular complexity index is 3820. The first-order valence-corrected chi connectivity index (χ1v) is 26.2. The van der Waals surface area contributed by atoms with Crippen LogP contribution in [0.25, 0.3) is 106 Å². The summed E-state index contributed by atoms with van der Waals surface area (Å²) in [4.78, 5) is 11.2. The highest BCUT2D eigenvalue weighted by atomic mass is 16.3. The molecule has 11 rings (SSSR count). The summed E-state index contributed by atoms with van der Waals surface area (Å²) >= 11 is 0. The van der Waals surface area contributed by atoms with Crippen LogP contribution in [-0.4, -0.2) is 19.6 Å². The number of aromatic hydroxyl groups is 1. The van der Waals surface area contributed by atoms with Crippen LogP contribution in [0, 0.1) is 0 Å². The Morgan fingerprint density at radius 3 is 1.49 bits per heavy atom. The monoisotopic (exact) mass is 966 g/mol. The van der Waals surface area contributed by atoms with E-state index in [-0.39, 0.29) is 27.4 Å². The van der Waals surface area contributed by atoms with Crippen LogP contribution < -0.4 is 0 Å². The van der Waals surface area contributed by atoms with Crippen LogP contribution in [-0.2, 0) is 21.7 Å². The van der Waals surface area contributed by atoms with E-state index in [4.69, 9.17) is 9.97 Å². The predicted molar refractivity (Wildman–Crippen MR) is 312 cm³/mol. The highest BCUT2D eigenvalue weighted by Crippen LogP contribution is 2.51. The molecule has 1 aliphatic rings. The van der Waals surface area contributed by atoms with Gasteiger partial charge in [0.1, 0.15) is 11.6 Å². The molecule has 10 aromatic rings. The summed E-state index contributed by atoms with van der Waals surface area (Å²) in [5, 5.41) is 12.7. The Hall–Kier alpha value is -7.82. The van der Waals surface area contributed by atoms with Crippen LogP contribution in [0.2, 0.25) is 0 Å². The Balaban J connectivity index is 1.23. The molecule has 1 N–H and O–H groups in total. The first-order valence-electron chi connectivity index (χ1n) is 26.2. The summed E-state index contributed by atoms with van der Waals surface area (Å²) < 4.78 is 2.31. The van der Waals surface area contributed by atoms with Crippen molar-refractivity contribution in [3.63, 3.8) is 0 Å². The van der Waals surface area contributed by atoms with Crippen LogP contribution >= 0.6 is 0 Å². The summed E-state index contributed by atoms with van der Waals surface area (Å²) in [5.41, 5.74) is 22.8. The SMILES string of the molecule is CC(C)(C)c1cc(-c2nccc3c2-c2ccccc2-c2ccccc2-c2ccccc2-3)cc(-c2cccc3c2nc(-c2cc(C(C)(C)C)cc(C(C)(C)C)c2O)n3-c2ccc(C(C)(C)C)cc2-c2ccccc2)c1. The van der Waals surface area contributed by atoms with E-state index < -0.39 is 0 Å². The number of pyridine rings is 1. The molecule has 2 aromatic heterocycles. The van der Waals surface area contributed by atoms with Gasteiger partial charge in [0, 0.05) is 34.0 Å². The zero-order chi connectivity index (χ0) is 52.1. The number of rotatable bonds is 5. The van der Waals surface area contributed by atoms with E-state index >= 15 is 0 Å². The highest BCUT2D eigenvalue weighted by Gasteiger charge is 2.31. The van der Waals surface area contributed by atoms with E-state index in [1.807, 2.05) is 6.20 Å². The van der Waals surface area contributed by atoms with Gasteiger partial charge in [0.15, 0.2) is 0 Å². The van der Waals surface area contributed by atoms with Crippen molar-refractivity contribution in [3.8, 4) is 101 Å². The van der Waals surface area contributed by atoms with Gasteiger partial charge >= 0.3 is 0 Å². The minimum absolute atomic E-state index is 0.0904. The second-order valence-corrected chi connectivity index (χ2v) is 24.5. The summed E-state index contributed by atoms with van der Waals surface area (Å²) in [6.07, 6.45) is 1.98. The quantitative estimate of drug-likeness (QED) is 0.187. The number of nitrogens with zero attached hydrogens (tertiary/aromatic N) is 3. The van der Waals surface area contributed by atoms with E-state index in [0.29, 0.717) is 11.4 Å². The smallest absolute Gasteiger partial charge is 0.149 e. The van der Waals surface area contributed by atoms with Crippen LogP contribution in [0.4, 0.5) is 0 Å². The van der Waals surface area contributed by atoms with Crippen molar-refractivity contribution in [2.24, 2.45) is 0 Å². The van der Waals surface area contributed by atoms with Crippen LogP contribution in [0.5, 0.6) is 5.75 Å². The zero-order valence-electron chi connectivity index (χ0n) is 45.1. The fourth-order valence-corrected chi connectivity index (χ4v) is 11.0. The average molecular weight is 966 g/mol. The number of fused-ring (bicyclic) bond motifs is 9. The van der Waals surface area contributed by atoms with Crippen molar-refractivity contribution >= 4 is 11.0 Å². The third kappa shape index (κ3) is 8.44. The van der Waals surface area contributed by atoms with Crippen LogP contribution in [0.3, 0.4) is 0 Å². The number of aromatic nitrogens is 3. The molecule has 0 atom stereocenters. The van der Waals surface area contributed by atoms with Gasteiger partial charge in [0.05, 0.1) is 28.0 Å². The van der Waals surface area contributed by atoms with Crippen molar-refractivity contribution in [2.75, 3.05) is 0 Å². The molecule has 0 aliphatic heterocycles. The van der Waals surface area contributed by atoms with Crippen molar-refractivity contribution in [2.45, 2.75) is 105 Å². The Morgan fingerprint density at radius 2 is 0.892 bits per heavy atom. The number of hydrogen-bond donors (Lipinski definition) is 1. The molecule has 2 heterocycles. The van der Waals surface area contributed by atoms with E-state index in [2.05, 4.69) is 264 Å². The topological polar surface area (TPSA) is 50.9 Å². The van der Waals surface area contributed by atoms with Gasteiger partial charge in [0.25, 0.3) is 0 Å². The molecule has 74 heavy (non-hydrogen) atoms. The van der Waals surface area contributed by atoms with Gasteiger partial charge in [-0.3, -0.25) is 9.55 Å². The van der Waals surface area contributed by atoms with Gasteiger partial charge in [-0.25, -0.2) is 4.98 Å². The maximum atomic E-state index is 12.7. The summed E-state index contributed by atoms with van der Waals surface area (Å²) in [6, 6.07) is 64.2. The van der Waals surface area contributed by atoms with Crippen LogP contribution in [0.15, 0.2) is 182 Å². The first kappa shape index (κ1) is 48.4. The van der Waals surface area contributed by atoms with Gasteiger partial charge in [-0.15, -0.1) is 0 Å². The lowest BCUT2D eigenvalue weighted by Gasteiger charge is -2.28. The lowest BCUT2D eigenvalue weighted by molar-refractivity contribution is 0.446. The van der Waals surface area contributed by atoms with E-state index in [1.54, 1.807) is 0 Å². The normalized spacial score (nSPS) is 12.6. The average Bonchev–Trinajstić information content (AvgIpc) is 3.76. The molecule has 0 spiro atoms. The van der Waals surface area contributed by atoms with Gasteiger partial charge in [0.2, 0.25) is 0 Å². The van der Waals surface area contributed by atoms with Crippen molar-refractivity contribution < 1.29 is 5.11 Å². The number of hydrogen-bond acceptors (Lipinski definition) is 3. The van der Waals surface area contributed by atoms with Crippen molar-refractivity contribution in [1.82, 2.24) is 14.5 Å². The fourth-order valence-electron chi connectivity index (χ4n) is 11.0. The van der Waals surface area contributed by atoms with Gasteiger partial charge < -0.3 is 5.11 Å². The van der Waals surface area contributed by atoms with Gasteiger partial charge in [-0.2, -0.15) is 0 Å². The third-order valence-corrected chi connectivity index (χ3v) is 15.2. The molecule has 0 bridgehead atoms. The van der Waals surface area contributed by atoms with Crippen molar-refractivity contribution in [3.05, 3.63) is 204 Å². The van der Waals surface area contributed by atoms with E-state index in [0.717, 1.165) is 78.0 Å². The molecule has 0 radical (unpaired) electrons. The first-order chi connectivity index (χ1) is 35.2. The molecular formula is C70H67N3O. The molecule has 4 nitrogen and oxygen atoms in total. The molecule has 0 fully saturated rings. The highest BCUT2D eigenvalue weighted by molar-refractivity contribution is 6.07. The molecule has 8 aromatic carbocycles. The minimum Gasteiger partial charge on any atom is -0.507 e. The Kier molecular flexibility index (Phi) is 11.6. The number of benzene rings is 8. The molecule has 0 amide bonds. The lowest BCUT2D eigenvalue weighted by Crippen LogP contribution is -2.17. The number of phenols is 1. The molecule has 368 valence electrons. The largest absolute Gasteiger partial charge is 0.507 e.